The Bertz CT molecular complexity index is 956. The van der Waals surface area contributed by atoms with Crippen LogP contribution in [0.5, 0.6) is 5.75 Å². The molecule has 1 saturated carbocycles. The van der Waals surface area contributed by atoms with Crippen LogP contribution in [-0.2, 0) is 0 Å². The number of aromatic nitrogens is 2. The maximum Gasteiger partial charge on any atom is 0.117 e. The van der Waals surface area contributed by atoms with E-state index in [1.54, 1.807) is 18.3 Å². The summed E-state index contributed by atoms with van der Waals surface area (Å²) in [6.45, 7) is 2.01. The first-order chi connectivity index (χ1) is 12.7. The number of hydrogen-bond acceptors (Lipinski definition) is 4. The Labute approximate surface area is 152 Å². The number of phenols is 1. The van der Waals surface area contributed by atoms with Gasteiger partial charge < -0.3 is 15.8 Å². The second-order valence-corrected chi connectivity index (χ2v) is 6.66. The van der Waals surface area contributed by atoms with Crippen molar-refractivity contribution in [1.82, 2.24) is 9.78 Å². The van der Waals surface area contributed by atoms with Crippen molar-refractivity contribution in [1.29, 1.82) is 5.41 Å². The number of aromatic hydroxyl groups is 1. The minimum Gasteiger partial charge on any atom is -0.508 e. The number of phenolic OH excluding ortho intramolecular Hbond substituents is 1. The molecule has 1 aliphatic carbocycles. The second kappa shape index (κ2) is 6.67. The molecule has 0 spiro atoms. The molecule has 0 saturated heterocycles. The van der Waals surface area contributed by atoms with Crippen LogP contribution in [0.4, 0.5) is 5.69 Å². The third-order valence-corrected chi connectivity index (χ3v) is 4.65. The monoisotopic (exact) mass is 346 g/mol. The third-order valence-electron chi connectivity index (χ3n) is 4.65. The molecule has 26 heavy (non-hydrogen) atoms. The van der Waals surface area contributed by atoms with Crippen molar-refractivity contribution in [2.75, 3.05) is 5.32 Å². The molecule has 0 amide bonds. The van der Waals surface area contributed by atoms with Crippen LogP contribution in [-0.4, -0.2) is 26.6 Å². The minimum absolute atomic E-state index is 0.215. The minimum atomic E-state index is 0.215. The van der Waals surface area contributed by atoms with Crippen molar-refractivity contribution in [3.05, 3.63) is 60.3 Å². The Kier molecular flexibility index (Phi) is 4.21. The highest BCUT2D eigenvalue weighted by Gasteiger charge is 2.23. The summed E-state index contributed by atoms with van der Waals surface area (Å²) in [6.07, 6.45) is 4.84. The van der Waals surface area contributed by atoms with Gasteiger partial charge in [-0.3, -0.25) is 0 Å². The van der Waals surface area contributed by atoms with E-state index >= 15 is 0 Å². The van der Waals surface area contributed by atoms with E-state index in [9.17, 15) is 5.11 Å². The topological polar surface area (TPSA) is 73.9 Å². The predicted octanol–water partition coefficient (Wildman–Crippen LogP) is 4.60. The van der Waals surface area contributed by atoms with Gasteiger partial charge in [-0.15, -0.1) is 0 Å². The first-order valence-electron chi connectivity index (χ1n) is 8.98. The SMILES string of the molecule is CCC(=N)c1ccc(-c2ccnn2-c2cccc(O)c2)cc1NC1CC1. The summed E-state index contributed by atoms with van der Waals surface area (Å²) in [5, 5.41) is 26.0. The van der Waals surface area contributed by atoms with E-state index in [0.29, 0.717) is 18.2 Å². The molecule has 3 aromatic rings. The number of nitrogens with zero attached hydrogens (tertiary/aromatic N) is 2. The molecule has 132 valence electrons. The van der Waals surface area contributed by atoms with E-state index < -0.39 is 0 Å². The largest absolute Gasteiger partial charge is 0.508 e. The van der Waals surface area contributed by atoms with Gasteiger partial charge >= 0.3 is 0 Å². The lowest BCUT2D eigenvalue weighted by atomic mass is 10.0. The highest BCUT2D eigenvalue weighted by molar-refractivity contribution is 6.03. The van der Waals surface area contributed by atoms with Crippen molar-refractivity contribution >= 4 is 11.4 Å². The third kappa shape index (κ3) is 3.20. The molecule has 0 unspecified atom stereocenters. The van der Waals surface area contributed by atoms with Crippen molar-refractivity contribution in [2.45, 2.75) is 32.2 Å². The Morgan fingerprint density at radius 3 is 2.81 bits per heavy atom. The van der Waals surface area contributed by atoms with Crippen LogP contribution >= 0.6 is 0 Å². The average Bonchev–Trinajstić information content (AvgIpc) is 3.33. The molecule has 1 heterocycles. The van der Waals surface area contributed by atoms with E-state index in [4.69, 9.17) is 5.41 Å². The maximum absolute atomic E-state index is 9.77. The van der Waals surface area contributed by atoms with Crippen molar-refractivity contribution in [3.63, 3.8) is 0 Å². The fourth-order valence-electron chi connectivity index (χ4n) is 3.08. The highest BCUT2D eigenvalue weighted by Crippen LogP contribution is 2.32. The zero-order valence-corrected chi connectivity index (χ0v) is 14.7. The summed E-state index contributed by atoms with van der Waals surface area (Å²) in [5.41, 5.74) is 5.41. The first kappa shape index (κ1) is 16.4. The van der Waals surface area contributed by atoms with E-state index in [-0.39, 0.29) is 5.75 Å². The van der Waals surface area contributed by atoms with Gasteiger partial charge in [0.15, 0.2) is 0 Å². The van der Waals surface area contributed by atoms with Gasteiger partial charge in [-0.05, 0) is 43.5 Å². The van der Waals surface area contributed by atoms with E-state index in [1.165, 1.54) is 12.8 Å². The lowest BCUT2D eigenvalue weighted by molar-refractivity contribution is 0.475. The normalized spacial score (nSPS) is 13.6. The quantitative estimate of drug-likeness (QED) is 0.571. The molecule has 0 aliphatic heterocycles. The van der Waals surface area contributed by atoms with Gasteiger partial charge in [0.2, 0.25) is 0 Å². The first-order valence-corrected chi connectivity index (χ1v) is 8.98. The highest BCUT2D eigenvalue weighted by atomic mass is 16.3. The summed E-state index contributed by atoms with van der Waals surface area (Å²) in [5.74, 6) is 0.215. The molecular formula is C21H22N4O. The Morgan fingerprint density at radius 1 is 1.23 bits per heavy atom. The second-order valence-electron chi connectivity index (χ2n) is 6.66. The van der Waals surface area contributed by atoms with E-state index in [0.717, 1.165) is 28.2 Å². The Morgan fingerprint density at radius 2 is 2.08 bits per heavy atom. The van der Waals surface area contributed by atoms with Crippen molar-refractivity contribution in [2.24, 2.45) is 0 Å². The molecule has 2 aromatic carbocycles. The zero-order chi connectivity index (χ0) is 18.1. The van der Waals surface area contributed by atoms with Gasteiger partial charge in [0.05, 0.1) is 17.6 Å². The number of nitrogens with one attached hydrogen (secondary N) is 2. The maximum atomic E-state index is 9.77. The van der Waals surface area contributed by atoms with Crippen LogP contribution in [0.25, 0.3) is 16.9 Å². The summed E-state index contributed by atoms with van der Waals surface area (Å²) < 4.78 is 1.82. The number of anilines is 1. The average molecular weight is 346 g/mol. The van der Waals surface area contributed by atoms with E-state index in [2.05, 4.69) is 16.5 Å². The number of benzene rings is 2. The lowest BCUT2D eigenvalue weighted by Crippen LogP contribution is -2.08. The standard InChI is InChI=1S/C21H22N4O/c1-2-19(22)18-9-6-14(12-20(18)24-15-7-8-15)21-10-11-23-25(21)16-4-3-5-17(26)13-16/h3-6,9-13,15,22,24,26H,2,7-8H2,1H3. The molecule has 5 nitrogen and oxygen atoms in total. The molecule has 0 bridgehead atoms. The van der Waals surface area contributed by atoms with Gasteiger partial charge in [-0.25, -0.2) is 4.68 Å². The molecule has 0 radical (unpaired) electrons. The van der Waals surface area contributed by atoms with Gasteiger partial charge in [0.25, 0.3) is 0 Å². The summed E-state index contributed by atoms with van der Waals surface area (Å²) in [6, 6.07) is 15.7. The van der Waals surface area contributed by atoms with E-state index in [1.807, 2.05) is 41.9 Å². The molecule has 1 aromatic heterocycles. The van der Waals surface area contributed by atoms with Gasteiger partial charge in [-0.2, -0.15) is 5.10 Å². The molecule has 1 aliphatic rings. The van der Waals surface area contributed by atoms with Gasteiger partial charge in [0.1, 0.15) is 5.75 Å². The molecule has 3 N–H and O–H groups in total. The van der Waals surface area contributed by atoms with Crippen LogP contribution in [0.2, 0.25) is 0 Å². The van der Waals surface area contributed by atoms with Crippen LogP contribution in [0, 0.1) is 5.41 Å². The van der Waals surface area contributed by atoms with Crippen molar-refractivity contribution < 1.29 is 5.11 Å². The van der Waals surface area contributed by atoms with Gasteiger partial charge in [0, 0.05) is 34.6 Å². The van der Waals surface area contributed by atoms with Crippen LogP contribution < -0.4 is 5.32 Å². The lowest BCUT2D eigenvalue weighted by Gasteiger charge is -2.15. The summed E-state index contributed by atoms with van der Waals surface area (Å²) in [7, 11) is 0. The summed E-state index contributed by atoms with van der Waals surface area (Å²) >= 11 is 0. The fourth-order valence-corrected chi connectivity index (χ4v) is 3.08. The van der Waals surface area contributed by atoms with Crippen LogP contribution in [0.1, 0.15) is 31.7 Å². The number of hydrogen-bond donors (Lipinski definition) is 3. The van der Waals surface area contributed by atoms with Crippen LogP contribution in [0.3, 0.4) is 0 Å². The molecule has 1 fully saturated rings. The zero-order valence-electron chi connectivity index (χ0n) is 14.7. The van der Waals surface area contributed by atoms with Crippen LogP contribution in [0.15, 0.2) is 54.7 Å². The van der Waals surface area contributed by atoms with Crippen molar-refractivity contribution in [3.8, 4) is 22.7 Å². The summed E-state index contributed by atoms with van der Waals surface area (Å²) in [4.78, 5) is 0. The predicted molar refractivity (Wildman–Crippen MR) is 104 cm³/mol. The molecule has 5 heteroatoms. The molecular weight excluding hydrogens is 324 g/mol. The molecule has 4 rings (SSSR count). The smallest absolute Gasteiger partial charge is 0.117 e. The van der Waals surface area contributed by atoms with Gasteiger partial charge in [-0.1, -0.05) is 25.1 Å². The fraction of sp³-hybridized carbons (Fsp3) is 0.238. The number of rotatable bonds is 6. The molecule has 0 atom stereocenters. The Hall–Kier alpha value is -3.08. The Balaban J connectivity index is 1.77.